The van der Waals surface area contributed by atoms with E-state index in [1.165, 1.54) is 26.2 Å². The van der Waals surface area contributed by atoms with Gasteiger partial charge >= 0.3 is 6.18 Å². The van der Waals surface area contributed by atoms with Crippen LogP contribution in [0.3, 0.4) is 0 Å². The van der Waals surface area contributed by atoms with Crippen molar-refractivity contribution in [2.75, 3.05) is 26.4 Å². The van der Waals surface area contributed by atoms with Crippen LogP contribution >= 0.6 is 11.8 Å². The van der Waals surface area contributed by atoms with Crippen molar-refractivity contribution in [1.29, 1.82) is 0 Å². The number of carbonyl (C=O) groups excluding carboxylic acids is 1. The van der Waals surface area contributed by atoms with Crippen molar-refractivity contribution in [1.82, 2.24) is 24.4 Å². The normalized spacial score (nSPS) is 12.2. The zero-order chi connectivity index (χ0) is 26.0. The molecular formula is C22H24F3N5O3S2. The van der Waals surface area contributed by atoms with Crippen LogP contribution in [0.4, 0.5) is 13.2 Å². The number of halogens is 3. The third kappa shape index (κ3) is 6.21. The van der Waals surface area contributed by atoms with Gasteiger partial charge in [-0.25, -0.2) is 12.7 Å². The lowest BCUT2D eigenvalue weighted by atomic mass is 10.1. The Balaban J connectivity index is 2.06. The van der Waals surface area contributed by atoms with Crippen LogP contribution in [0.1, 0.15) is 11.1 Å². The van der Waals surface area contributed by atoms with Crippen molar-refractivity contribution in [2.24, 2.45) is 0 Å². The molecule has 188 valence electrons. The van der Waals surface area contributed by atoms with E-state index in [4.69, 9.17) is 0 Å². The number of para-hydroxylation sites is 1. The number of benzene rings is 2. The summed E-state index contributed by atoms with van der Waals surface area (Å²) in [4.78, 5) is 12.0. The van der Waals surface area contributed by atoms with Crippen molar-refractivity contribution in [3.63, 3.8) is 0 Å². The maximum Gasteiger partial charge on any atom is 0.405 e. The minimum Gasteiger partial charge on any atom is -0.346 e. The Hall–Kier alpha value is -2.90. The minimum absolute atomic E-state index is 0.0665. The summed E-state index contributed by atoms with van der Waals surface area (Å²) in [6, 6.07) is 11.9. The van der Waals surface area contributed by atoms with Crippen LogP contribution in [-0.2, 0) is 14.8 Å². The summed E-state index contributed by atoms with van der Waals surface area (Å²) in [6.45, 7) is 2.33. The predicted octanol–water partition coefficient (Wildman–Crippen LogP) is 3.57. The van der Waals surface area contributed by atoms with E-state index < -0.39 is 28.7 Å². The van der Waals surface area contributed by atoms with Crippen LogP contribution in [0.15, 0.2) is 52.5 Å². The molecule has 1 heterocycles. The second-order valence-electron chi connectivity index (χ2n) is 7.88. The zero-order valence-electron chi connectivity index (χ0n) is 19.4. The minimum atomic E-state index is -4.51. The van der Waals surface area contributed by atoms with Gasteiger partial charge < -0.3 is 5.32 Å². The predicted molar refractivity (Wildman–Crippen MR) is 127 cm³/mol. The molecular weight excluding hydrogens is 503 g/mol. The maximum atomic E-state index is 12.6. The molecule has 0 saturated heterocycles. The first-order valence-corrected chi connectivity index (χ1v) is 12.7. The lowest BCUT2D eigenvalue weighted by Crippen LogP contribution is -2.34. The van der Waals surface area contributed by atoms with Gasteiger partial charge in [-0.3, -0.25) is 9.36 Å². The number of hydrogen-bond acceptors (Lipinski definition) is 6. The highest BCUT2D eigenvalue weighted by molar-refractivity contribution is 7.99. The number of nitrogens with zero attached hydrogens (tertiary/aromatic N) is 4. The molecule has 0 aliphatic carbocycles. The Morgan fingerprint density at radius 1 is 1.09 bits per heavy atom. The van der Waals surface area contributed by atoms with E-state index in [0.717, 1.165) is 32.9 Å². The van der Waals surface area contributed by atoms with Gasteiger partial charge in [-0.05, 0) is 37.1 Å². The Bertz CT molecular complexity index is 1320. The molecule has 13 heteroatoms. The molecule has 8 nitrogen and oxygen atoms in total. The second-order valence-corrected chi connectivity index (χ2v) is 11.0. The van der Waals surface area contributed by atoms with E-state index in [0.29, 0.717) is 11.4 Å². The molecule has 35 heavy (non-hydrogen) atoms. The quantitative estimate of drug-likeness (QED) is 0.450. The summed E-state index contributed by atoms with van der Waals surface area (Å²) < 4.78 is 65.3. The lowest BCUT2D eigenvalue weighted by molar-refractivity contribution is -0.136. The van der Waals surface area contributed by atoms with Gasteiger partial charge in [0.15, 0.2) is 11.0 Å². The van der Waals surface area contributed by atoms with Crippen LogP contribution in [0.25, 0.3) is 17.1 Å². The van der Waals surface area contributed by atoms with Gasteiger partial charge in [0.1, 0.15) is 6.54 Å². The maximum absolute atomic E-state index is 12.6. The monoisotopic (exact) mass is 527 g/mol. The fourth-order valence-electron chi connectivity index (χ4n) is 3.30. The van der Waals surface area contributed by atoms with Gasteiger partial charge in [0, 0.05) is 19.7 Å². The van der Waals surface area contributed by atoms with E-state index >= 15 is 0 Å². The number of alkyl halides is 3. The number of aryl methyl sites for hydroxylation is 2. The number of thioether (sulfide) groups is 1. The van der Waals surface area contributed by atoms with E-state index in [2.05, 4.69) is 10.2 Å². The summed E-state index contributed by atoms with van der Waals surface area (Å²) in [5.41, 5.74) is 2.93. The topological polar surface area (TPSA) is 97.2 Å². The van der Waals surface area contributed by atoms with Crippen LogP contribution in [-0.4, -0.2) is 66.0 Å². The van der Waals surface area contributed by atoms with Crippen molar-refractivity contribution in [3.8, 4) is 17.1 Å². The number of nitrogens with one attached hydrogen (secondary N) is 1. The zero-order valence-corrected chi connectivity index (χ0v) is 21.1. The van der Waals surface area contributed by atoms with E-state index in [-0.39, 0.29) is 15.8 Å². The Labute approximate surface area is 205 Å². The third-order valence-corrected chi connectivity index (χ3v) is 7.73. The summed E-state index contributed by atoms with van der Waals surface area (Å²) in [5, 5.41) is 10.5. The summed E-state index contributed by atoms with van der Waals surface area (Å²) in [7, 11) is -0.848. The van der Waals surface area contributed by atoms with Crippen LogP contribution < -0.4 is 5.32 Å². The van der Waals surface area contributed by atoms with Gasteiger partial charge in [0.05, 0.1) is 16.3 Å². The highest BCUT2D eigenvalue weighted by Crippen LogP contribution is 2.32. The van der Waals surface area contributed by atoms with Crippen molar-refractivity contribution < 1.29 is 26.4 Å². The highest BCUT2D eigenvalue weighted by Gasteiger charge is 2.28. The van der Waals surface area contributed by atoms with Gasteiger partial charge in [-0.15, -0.1) is 10.2 Å². The molecule has 0 aliphatic rings. The summed E-state index contributed by atoms with van der Waals surface area (Å²) >= 11 is 0.932. The van der Waals surface area contributed by atoms with E-state index in [1.807, 2.05) is 37.4 Å². The fourth-order valence-corrected chi connectivity index (χ4v) is 5.01. The summed E-state index contributed by atoms with van der Waals surface area (Å²) in [5.74, 6) is -0.783. The molecule has 0 saturated carbocycles. The number of sulfonamides is 1. The van der Waals surface area contributed by atoms with Gasteiger partial charge in [-0.1, -0.05) is 42.1 Å². The first-order chi connectivity index (χ1) is 16.3. The molecule has 0 atom stereocenters. The molecule has 0 spiro atoms. The molecule has 1 N–H and O–H groups in total. The molecule has 1 aromatic heterocycles. The van der Waals surface area contributed by atoms with E-state index in [1.54, 1.807) is 16.7 Å². The third-order valence-electron chi connectivity index (χ3n) is 4.99. The SMILES string of the molecule is Cc1cccc(C)c1-n1c(SCC(=O)NCC(F)(F)F)nnc1-c1cccc(S(=O)(=O)N(C)C)c1. The molecule has 0 bridgehead atoms. The molecule has 0 fully saturated rings. The number of rotatable bonds is 8. The van der Waals surface area contributed by atoms with Crippen LogP contribution in [0, 0.1) is 13.8 Å². The van der Waals surface area contributed by atoms with Crippen LogP contribution in [0.5, 0.6) is 0 Å². The molecule has 3 rings (SSSR count). The Kier molecular flexibility index (Phi) is 7.92. The Morgan fingerprint density at radius 3 is 2.31 bits per heavy atom. The lowest BCUT2D eigenvalue weighted by Gasteiger charge is -2.16. The van der Waals surface area contributed by atoms with Gasteiger partial charge in [0.2, 0.25) is 15.9 Å². The van der Waals surface area contributed by atoms with E-state index in [9.17, 15) is 26.4 Å². The largest absolute Gasteiger partial charge is 0.405 e. The van der Waals surface area contributed by atoms with Crippen LogP contribution in [0.2, 0.25) is 0 Å². The van der Waals surface area contributed by atoms with Gasteiger partial charge in [0.25, 0.3) is 0 Å². The van der Waals surface area contributed by atoms with Gasteiger partial charge in [-0.2, -0.15) is 13.2 Å². The smallest absolute Gasteiger partial charge is 0.346 e. The number of carbonyl (C=O) groups is 1. The average molecular weight is 528 g/mol. The molecule has 0 radical (unpaired) electrons. The summed E-state index contributed by atoms with van der Waals surface area (Å²) in [6.07, 6.45) is -4.51. The number of amides is 1. The van der Waals surface area contributed by atoms with Crippen molar-refractivity contribution in [3.05, 3.63) is 53.6 Å². The Morgan fingerprint density at radius 2 is 1.71 bits per heavy atom. The number of hydrogen-bond donors (Lipinski definition) is 1. The average Bonchev–Trinajstić information content (AvgIpc) is 3.19. The molecule has 2 aromatic carbocycles. The highest BCUT2D eigenvalue weighted by atomic mass is 32.2. The van der Waals surface area contributed by atoms with Crippen molar-refractivity contribution in [2.45, 2.75) is 30.1 Å². The second kappa shape index (κ2) is 10.4. The molecule has 0 unspecified atom stereocenters. The molecule has 3 aromatic rings. The number of aromatic nitrogens is 3. The first-order valence-electron chi connectivity index (χ1n) is 10.3. The first kappa shape index (κ1) is 26.7. The standard InChI is InChI=1S/C22H24F3N5O3S2/c1-14-7-5-8-15(2)19(14)30-20(16-9-6-10-17(11-16)35(32,33)29(3)4)27-28-21(30)34-12-18(31)26-13-22(23,24)25/h5-11H,12-13H2,1-4H3,(H,26,31). The molecule has 1 amide bonds. The fraction of sp³-hybridized carbons (Fsp3) is 0.318. The van der Waals surface area contributed by atoms with Crippen molar-refractivity contribution >= 4 is 27.7 Å². The molecule has 0 aliphatic heterocycles.